The Kier molecular flexibility index (Phi) is 18.2. The summed E-state index contributed by atoms with van der Waals surface area (Å²) < 4.78 is 0. The maximum Gasteiger partial charge on any atom is 0.303 e. The number of aliphatic hydroxyl groups is 2. The highest BCUT2D eigenvalue weighted by Gasteiger charge is 2.00. The largest absolute Gasteiger partial charge is 0.481 e. The van der Waals surface area contributed by atoms with Gasteiger partial charge in [0.1, 0.15) is 0 Å². The van der Waals surface area contributed by atoms with E-state index in [1.807, 2.05) is 0 Å². The molecule has 0 radical (unpaired) electrons. The van der Waals surface area contributed by atoms with Gasteiger partial charge >= 0.3 is 5.97 Å². The maximum atomic E-state index is 10.4. The molecule has 1 atom stereocenters. The van der Waals surface area contributed by atoms with Crippen LogP contribution in [0.15, 0.2) is 0 Å². The third-order valence-corrected chi connectivity index (χ3v) is 4.64. The molecule has 0 aromatic rings. The fourth-order valence-corrected chi connectivity index (χ4v) is 3.05. The molecule has 0 aliphatic heterocycles. The van der Waals surface area contributed by atoms with Gasteiger partial charge in [-0.1, -0.05) is 89.9 Å². The van der Waals surface area contributed by atoms with E-state index in [1.54, 1.807) is 0 Å². The summed E-state index contributed by atoms with van der Waals surface area (Å²) in [5.74, 6) is -0.671. The van der Waals surface area contributed by atoms with Crippen LogP contribution in [0, 0.1) is 0 Å². The van der Waals surface area contributed by atoms with Crippen molar-refractivity contribution in [1.82, 2.24) is 0 Å². The quantitative estimate of drug-likeness (QED) is 0.286. The molecule has 0 aliphatic carbocycles. The van der Waals surface area contributed by atoms with Crippen LogP contribution in [0.3, 0.4) is 0 Å². The molecule has 0 heterocycles. The SMILES string of the molecule is O=C(O)CCCCCCCCCCCCCCCCCC(O)CO. The van der Waals surface area contributed by atoms with E-state index in [1.165, 1.54) is 77.0 Å². The average Bonchev–Trinajstić information content (AvgIpc) is 2.57. The number of hydrogen-bond donors (Lipinski definition) is 3. The van der Waals surface area contributed by atoms with Crippen molar-refractivity contribution in [3.8, 4) is 0 Å². The summed E-state index contributed by atoms with van der Waals surface area (Å²) in [5, 5.41) is 26.5. The van der Waals surface area contributed by atoms with Crippen LogP contribution >= 0.6 is 0 Å². The molecule has 0 rings (SSSR count). The normalized spacial score (nSPS) is 12.4. The number of rotatable bonds is 19. The molecular formula is C20H40O4. The van der Waals surface area contributed by atoms with Gasteiger partial charge in [0, 0.05) is 6.42 Å². The van der Waals surface area contributed by atoms with Gasteiger partial charge < -0.3 is 15.3 Å². The lowest BCUT2D eigenvalue weighted by Gasteiger charge is -2.06. The van der Waals surface area contributed by atoms with Crippen molar-refractivity contribution in [3.05, 3.63) is 0 Å². The first-order chi connectivity index (χ1) is 11.7. The molecule has 0 saturated carbocycles. The highest BCUT2D eigenvalue weighted by atomic mass is 16.4. The minimum atomic E-state index is -0.671. The van der Waals surface area contributed by atoms with Crippen molar-refractivity contribution >= 4 is 5.97 Å². The molecule has 0 amide bonds. The summed E-state index contributed by atoms with van der Waals surface area (Å²) in [6, 6.07) is 0. The van der Waals surface area contributed by atoms with E-state index in [9.17, 15) is 9.90 Å². The Morgan fingerprint density at radius 2 is 0.958 bits per heavy atom. The van der Waals surface area contributed by atoms with Crippen LogP contribution < -0.4 is 0 Å². The van der Waals surface area contributed by atoms with Crippen LogP contribution in [0.25, 0.3) is 0 Å². The zero-order valence-corrected chi connectivity index (χ0v) is 15.6. The third-order valence-electron chi connectivity index (χ3n) is 4.64. The molecule has 0 saturated heterocycles. The minimum Gasteiger partial charge on any atom is -0.481 e. The van der Waals surface area contributed by atoms with Gasteiger partial charge in [0.25, 0.3) is 0 Å². The molecule has 3 N–H and O–H groups in total. The summed E-state index contributed by atoms with van der Waals surface area (Å²) in [5.41, 5.74) is 0. The summed E-state index contributed by atoms with van der Waals surface area (Å²) >= 11 is 0. The summed E-state index contributed by atoms with van der Waals surface area (Å²) in [6.07, 6.45) is 18.9. The van der Waals surface area contributed by atoms with E-state index in [4.69, 9.17) is 10.2 Å². The number of unbranched alkanes of at least 4 members (excludes halogenated alkanes) is 14. The van der Waals surface area contributed by atoms with Crippen molar-refractivity contribution in [2.24, 2.45) is 0 Å². The van der Waals surface area contributed by atoms with Crippen LogP contribution in [0.1, 0.15) is 109 Å². The summed E-state index contributed by atoms with van der Waals surface area (Å²) in [4.78, 5) is 10.4. The Morgan fingerprint density at radius 1 is 0.625 bits per heavy atom. The zero-order valence-electron chi connectivity index (χ0n) is 15.6. The molecule has 0 aromatic heterocycles. The summed E-state index contributed by atoms with van der Waals surface area (Å²) in [7, 11) is 0. The molecular weight excluding hydrogens is 304 g/mol. The highest BCUT2D eigenvalue weighted by Crippen LogP contribution is 2.14. The van der Waals surface area contributed by atoms with Crippen LogP contribution in [0.4, 0.5) is 0 Å². The lowest BCUT2D eigenvalue weighted by atomic mass is 10.0. The number of carbonyl (C=O) groups is 1. The van der Waals surface area contributed by atoms with Gasteiger partial charge in [0.15, 0.2) is 0 Å². The van der Waals surface area contributed by atoms with E-state index >= 15 is 0 Å². The van der Waals surface area contributed by atoms with Gasteiger partial charge in [-0.2, -0.15) is 0 Å². The standard InChI is InChI=1S/C20H40O4/c21-18-19(22)16-14-12-10-8-6-4-2-1-3-5-7-9-11-13-15-17-20(23)24/h19,21-22H,1-18H2,(H,23,24). The second-order valence-corrected chi connectivity index (χ2v) is 7.07. The van der Waals surface area contributed by atoms with E-state index in [-0.39, 0.29) is 6.61 Å². The Balaban J connectivity index is 3.01. The molecule has 0 aliphatic rings. The molecule has 4 nitrogen and oxygen atoms in total. The smallest absolute Gasteiger partial charge is 0.303 e. The highest BCUT2D eigenvalue weighted by molar-refractivity contribution is 5.66. The van der Waals surface area contributed by atoms with Crippen LogP contribution in [0.2, 0.25) is 0 Å². The fraction of sp³-hybridized carbons (Fsp3) is 0.950. The van der Waals surface area contributed by atoms with E-state index in [0.29, 0.717) is 6.42 Å². The lowest BCUT2D eigenvalue weighted by molar-refractivity contribution is -0.137. The number of aliphatic hydroxyl groups excluding tert-OH is 2. The topological polar surface area (TPSA) is 77.8 Å². The van der Waals surface area contributed by atoms with Crippen LogP contribution in [-0.2, 0) is 4.79 Å². The van der Waals surface area contributed by atoms with Gasteiger partial charge in [-0.05, 0) is 12.8 Å². The van der Waals surface area contributed by atoms with Crippen molar-refractivity contribution in [2.75, 3.05) is 6.61 Å². The van der Waals surface area contributed by atoms with E-state index in [2.05, 4.69) is 0 Å². The Hall–Kier alpha value is -0.610. The first-order valence-electron chi connectivity index (χ1n) is 10.2. The third kappa shape index (κ3) is 19.4. The second kappa shape index (κ2) is 18.7. The molecule has 0 aromatic carbocycles. The Labute approximate surface area is 148 Å². The van der Waals surface area contributed by atoms with Gasteiger partial charge in [0.2, 0.25) is 0 Å². The van der Waals surface area contributed by atoms with Gasteiger partial charge in [-0.25, -0.2) is 0 Å². The first-order valence-corrected chi connectivity index (χ1v) is 10.2. The Bertz CT molecular complexity index is 268. The number of carboxylic acid groups (broad SMARTS) is 1. The molecule has 4 heteroatoms. The molecule has 0 spiro atoms. The van der Waals surface area contributed by atoms with Crippen molar-refractivity contribution in [3.63, 3.8) is 0 Å². The first kappa shape index (κ1) is 23.4. The van der Waals surface area contributed by atoms with Crippen molar-refractivity contribution in [2.45, 2.75) is 115 Å². The monoisotopic (exact) mass is 344 g/mol. The molecule has 144 valence electrons. The summed E-state index contributed by atoms with van der Waals surface area (Å²) in [6.45, 7) is -0.106. The fourth-order valence-electron chi connectivity index (χ4n) is 3.05. The molecule has 24 heavy (non-hydrogen) atoms. The lowest BCUT2D eigenvalue weighted by Crippen LogP contribution is -2.10. The number of hydrogen-bond acceptors (Lipinski definition) is 3. The number of aliphatic carboxylic acids is 1. The Morgan fingerprint density at radius 3 is 1.29 bits per heavy atom. The predicted molar refractivity (Wildman–Crippen MR) is 99.2 cm³/mol. The van der Waals surface area contributed by atoms with E-state index in [0.717, 1.165) is 25.7 Å². The van der Waals surface area contributed by atoms with Gasteiger partial charge in [-0.15, -0.1) is 0 Å². The average molecular weight is 345 g/mol. The van der Waals surface area contributed by atoms with Gasteiger partial charge in [-0.3, -0.25) is 4.79 Å². The van der Waals surface area contributed by atoms with E-state index < -0.39 is 12.1 Å². The van der Waals surface area contributed by atoms with Crippen LogP contribution in [0.5, 0.6) is 0 Å². The molecule has 1 unspecified atom stereocenters. The second-order valence-electron chi connectivity index (χ2n) is 7.07. The minimum absolute atomic E-state index is 0.106. The predicted octanol–water partition coefficient (Wildman–Crippen LogP) is 5.06. The van der Waals surface area contributed by atoms with Crippen LogP contribution in [-0.4, -0.2) is 34.0 Å². The van der Waals surface area contributed by atoms with Crippen molar-refractivity contribution in [1.29, 1.82) is 0 Å². The number of carboxylic acids is 1. The molecule has 0 bridgehead atoms. The van der Waals surface area contributed by atoms with Crippen molar-refractivity contribution < 1.29 is 20.1 Å². The molecule has 0 fully saturated rings. The zero-order chi connectivity index (χ0) is 17.9. The maximum absolute atomic E-state index is 10.4. The van der Waals surface area contributed by atoms with Gasteiger partial charge in [0.05, 0.1) is 12.7 Å².